The lowest BCUT2D eigenvalue weighted by atomic mass is 10.0. The molecule has 7 heteroatoms. The molecule has 0 aliphatic carbocycles. The Balaban J connectivity index is 0.966. The predicted molar refractivity (Wildman–Crippen MR) is 291 cm³/mol. The molecule has 0 aliphatic heterocycles. The first-order chi connectivity index (χ1) is 32.2. The van der Waals surface area contributed by atoms with Gasteiger partial charge in [-0.3, -0.25) is 0 Å². The van der Waals surface area contributed by atoms with E-state index < -0.39 is 8.07 Å². The number of benzene rings is 10. The molecule has 13 aromatic rings. The Morgan fingerprint density at radius 3 is 1.32 bits per heavy atom. The van der Waals surface area contributed by atoms with Gasteiger partial charge in [0.05, 0.1) is 19.4 Å². The summed E-state index contributed by atoms with van der Waals surface area (Å²) in [7, 11) is -0.513. The largest absolute Gasteiger partial charge is 0.454 e. The van der Waals surface area contributed by atoms with E-state index in [-0.39, 0.29) is 0 Å². The van der Waals surface area contributed by atoms with Gasteiger partial charge < -0.3 is 18.6 Å². The maximum absolute atomic E-state index is 6.67. The molecule has 0 atom stereocenters. The molecule has 0 bridgehead atoms. The van der Waals surface area contributed by atoms with Crippen molar-refractivity contribution in [1.29, 1.82) is 0 Å². The minimum atomic E-state index is -1.51. The Bertz CT molecular complexity index is 4070. The smallest absolute Gasteiger partial charge is 0.159 e. The maximum Gasteiger partial charge on any atom is 0.159 e. The van der Waals surface area contributed by atoms with Gasteiger partial charge in [-0.15, -0.1) is 11.3 Å². The second kappa shape index (κ2) is 14.8. The number of para-hydroxylation sites is 4. The SMILES string of the molecule is C[Si](C)(C)c1ccc(N(c2ccc3cc4sc5cc6ccc(N(c7ccc([SiH3])cc7)c7cccc8c7oc7ccccc78)cc6cc5c4cc3c2)c2cccc3c2oc2ccccc23)cc1. The van der Waals surface area contributed by atoms with Crippen LogP contribution in [-0.4, -0.2) is 18.3 Å². The number of anilines is 6. The van der Waals surface area contributed by atoms with Crippen LogP contribution in [0.25, 0.3) is 85.6 Å². The molecule has 3 heterocycles. The van der Waals surface area contributed by atoms with E-state index in [4.69, 9.17) is 8.83 Å². The number of rotatable bonds is 7. The Morgan fingerprint density at radius 2 is 0.833 bits per heavy atom. The van der Waals surface area contributed by atoms with Crippen LogP contribution in [0, 0.1) is 0 Å². The topological polar surface area (TPSA) is 32.8 Å². The highest BCUT2D eigenvalue weighted by Crippen LogP contribution is 2.46. The molecule has 0 N–H and O–H groups in total. The lowest BCUT2D eigenvalue weighted by Crippen LogP contribution is -2.37. The third-order valence-electron chi connectivity index (χ3n) is 13.4. The molecule has 0 amide bonds. The quantitative estimate of drug-likeness (QED) is 0.149. The van der Waals surface area contributed by atoms with Crippen LogP contribution in [0.5, 0.6) is 0 Å². The zero-order valence-corrected chi connectivity index (χ0v) is 40.9. The summed E-state index contributed by atoms with van der Waals surface area (Å²) in [6.45, 7) is 7.21. The fourth-order valence-electron chi connectivity index (χ4n) is 9.99. The van der Waals surface area contributed by atoms with Crippen molar-refractivity contribution in [3.63, 3.8) is 0 Å². The number of thiophene rings is 1. The minimum absolute atomic E-state index is 0.885. The van der Waals surface area contributed by atoms with Crippen molar-refractivity contribution in [2.75, 3.05) is 9.80 Å². The van der Waals surface area contributed by atoms with Crippen molar-refractivity contribution < 1.29 is 8.83 Å². The van der Waals surface area contributed by atoms with Crippen LogP contribution in [-0.2, 0) is 0 Å². The van der Waals surface area contributed by atoms with Gasteiger partial charge >= 0.3 is 0 Å². The van der Waals surface area contributed by atoms with Gasteiger partial charge in [-0.25, -0.2) is 0 Å². The Hall–Kier alpha value is -7.43. The van der Waals surface area contributed by atoms with Crippen LogP contribution in [0.1, 0.15) is 0 Å². The summed E-state index contributed by atoms with van der Waals surface area (Å²) in [5.41, 5.74) is 9.98. The number of furan rings is 2. The average Bonchev–Trinajstić information content (AvgIpc) is 4.02. The van der Waals surface area contributed by atoms with E-state index in [1.807, 2.05) is 23.5 Å². The Kier molecular flexibility index (Phi) is 8.74. The monoisotopic (exact) mass is 900 g/mol. The Morgan fingerprint density at radius 1 is 0.394 bits per heavy atom. The van der Waals surface area contributed by atoms with Crippen molar-refractivity contribution in [2.45, 2.75) is 19.6 Å². The van der Waals surface area contributed by atoms with E-state index in [0.717, 1.165) is 88.2 Å². The number of hydrogen-bond donors (Lipinski definition) is 0. The van der Waals surface area contributed by atoms with Gasteiger partial charge in [-0.05, 0) is 119 Å². The first kappa shape index (κ1) is 39.0. The molecule has 0 aliphatic rings. The van der Waals surface area contributed by atoms with Crippen molar-refractivity contribution >= 4 is 160 Å². The molecule has 0 fully saturated rings. The lowest BCUT2D eigenvalue weighted by molar-refractivity contribution is 0.668. The second-order valence-electron chi connectivity index (χ2n) is 18.7. The molecule has 10 aromatic carbocycles. The van der Waals surface area contributed by atoms with E-state index >= 15 is 0 Å². The molecule has 3 aromatic heterocycles. The molecule has 66 heavy (non-hydrogen) atoms. The van der Waals surface area contributed by atoms with E-state index in [0.29, 0.717) is 0 Å². The highest BCUT2D eigenvalue weighted by molar-refractivity contribution is 7.26. The Labute approximate surface area is 390 Å². The number of hydrogen-bond acceptors (Lipinski definition) is 5. The van der Waals surface area contributed by atoms with Crippen LogP contribution < -0.4 is 20.2 Å². The van der Waals surface area contributed by atoms with E-state index in [1.54, 1.807) is 0 Å². The number of nitrogens with zero attached hydrogens (tertiary/aromatic N) is 2. The fourth-order valence-corrected chi connectivity index (χ4v) is 12.7. The minimum Gasteiger partial charge on any atom is -0.454 e. The second-order valence-corrected chi connectivity index (χ2v) is 26.0. The van der Waals surface area contributed by atoms with E-state index in [2.05, 4.69) is 211 Å². The van der Waals surface area contributed by atoms with Crippen molar-refractivity contribution in [1.82, 2.24) is 0 Å². The van der Waals surface area contributed by atoms with Crippen molar-refractivity contribution in [2.24, 2.45) is 0 Å². The summed E-state index contributed by atoms with van der Waals surface area (Å²) in [5, 5.41) is 14.6. The van der Waals surface area contributed by atoms with Gasteiger partial charge in [0.1, 0.15) is 11.2 Å². The zero-order chi connectivity index (χ0) is 44.3. The van der Waals surface area contributed by atoms with Gasteiger partial charge in [-0.2, -0.15) is 0 Å². The van der Waals surface area contributed by atoms with Crippen LogP contribution in [0.4, 0.5) is 34.1 Å². The summed E-state index contributed by atoms with van der Waals surface area (Å²) in [5.74, 6) is 0. The van der Waals surface area contributed by atoms with E-state index in [1.165, 1.54) is 52.1 Å². The first-order valence-corrected chi connectivity index (χ1v) is 28.0. The third-order valence-corrected chi connectivity index (χ3v) is 17.3. The van der Waals surface area contributed by atoms with Crippen LogP contribution in [0.15, 0.2) is 203 Å². The number of fused-ring (bicyclic) bond motifs is 11. The van der Waals surface area contributed by atoms with Gasteiger partial charge in [0.2, 0.25) is 0 Å². The van der Waals surface area contributed by atoms with Gasteiger partial charge in [0.15, 0.2) is 11.2 Å². The summed E-state index contributed by atoms with van der Waals surface area (Å²) >= 11 is 1.87. The summed E-state index contributed by atoms with van der Waals surface area (Å²) in [4.78, 5) is 4.73. The summed E-state index contributed by atoms with van der Waals surface area (Å²) < 4.78 is 15.9. The predicted octanol–water partition coefficient (Wildman–Crippen LogP) is 15.6. The van der Waals surface area contributed by atoms with Crippen LogP contribution >= 0.6 is 11.3 Å². The first-order valence-electron chi connectivity index (χ1n) is 22.6. The normalized spacial score (nSPS) is 12.3. The standard InChI is InChI=1S/C59H44N2O2SSi2/c1-66(2,3)45-28-24-41(25-29-45)61(53-15-9-13-49-47-11-5-7-17-55(47)63-59(49)53)43-21-19-37-35-57-51(33-39(37)31-43)50-32-38-30-42(20-18-36(38)34-56(50)64-57)60(40-22-26-44(65)27-23-40)52-14-8-12-48-46-10-4-6-16-54(46)62-58(48)52/h4-35H,1-3,65H3. The molecule has 0 spiro atoms. The molecular weight excluding hydrogens is 857 g/mol. The summed E-state index contributed by atoms with van der Waals surface area (Å²) in [6.07, 6.45) is 0. The fraction of sp³-hybridized carbons (Fsp3) is 0.0508. The highest BCUT2D eigenvalue weighted by atomic mass is 32.1. The van der Waals surface area contributed by atoms with E-state index in [9.17, 15) is 0 Å². The maximum atomic E-state index is 6.67. The third kappa shape index (κ3) is 6.30. The lowest BCUT2D eigenvalue weighted by Gasteiger charge is -2.27. The highest BCUT2D eigenvalue weighted by Gasteiger charge is 2.23. The molecule has 0 radical (unpaired) electrons. The average molecular weight is 901 g/mol. The van der Waals surface area contributed by atoms with Gasteiger partial charge in [0, 0.05) is 74.7 Å². The molecule has 316 valence electrons. The van der Waals surface area contributed by atoms with Crippen LogP contribution in [0.3, 0.4) is 0 Å². The van der Waals surface area contributed by atoms with Gasteiger partial charge in [0.25, 0.3) is 0 Å². The zero-order valence-electron chi connectivity index (χ0n) is 37.1. The van der Waals surface area contributed by atoms with Gasteiger partial charge in [-0.1, -0.05) is 127 Å². The van der Waals surface area contributed by atoms with Crippen molar-refractivity contribution in [3.05, 3.63) is 194 Å². The molecule has 0 unspecified atom stereocenters. The molecular formula is C59H44N2O2SSi2. The molecule has 0 saturated heterocycles. The van der Waals surface area contributed by atoms with Crippen LogP contribution in [0.2, 0.25) is 19.6 Å². The molecule has 13 rings (SSSR count). The molecule has 0 saturated carbocycles. The molecule has 4 nitrogen and oxygen atoms in total. The van der Waals surface area contributed by atoms with Crippen molar-refractivity contribution in [3.8, 4) is 0 Å². The summed E-state index contributed by atoms with van der Waals surface area (Å²) in [6, 6.07) is 71.2.